The van der Waals surface area contributed by atoms with Crippen LogP contribution in [0.4, 0.5) is 5.69 Å². The Hall–Kier alpha value is -1.46. The number of aryl methyl sites for hydroxylation is 1. The van der Waals surface area contributed by atoms with E-state index in [9.17, 15) is 15.2 Å². The molecule has 0 aromatic heterocycles. The SMILES string of the molecule is Cc1ccc(CN2CCCC(O)C2)cc1[N+](=O)[O-]. The minimum absolute atomic E-state index is 0.171. The first-order chi connectivity index (χ1) is 8.56. The van der Waals surface area contributed by atoms with Crippen LogP contribution in [0.3, 0.4) is 0 Å². The van der Waals surface area contributed by atoms with Crippen molar-refractivity contribution in [3.05, 3.63) is 39.4 Å². The van der Waals surface area contributed by atoms with Crippen LogP contribution in [0.1, 0.15) is 24.0 Å². The van der Waals surface area contributed by atoms with Crippen LogP contribution in [0.25, 0.3) is 0 Å². The van der Waals surface area contributed by atoms with E-state index in [1.165, 1.54) is 0 Å². The molecule has 0 spiro atoms. The van der Waals surface area contributed by atoms with Gasteiger partial charge in [0.2, 0.25) is 0 Å². The first-order valence-corrected chi connectivity index (χ1v) is 6.20. The molecule has 98 valence electrons. The van der Waals surface area contributed by atoms with Crippen LogP contribution >= 0.6 is 0 Å². The molecule has 2 rings (SSSR count). The van der Waals surface area contributed by atoms with Crippen molar-refractivity contribution in [2.45, 2.75) is 32.4 Å². The molecule has 1 fully saturated rings. The minimum atomic E-state index is -0.343. The van der Waals surface area contributed by atoms with Gasteiger partial charge in [0, 0.05) is 24.7 Å². The largest absolute Gasteiger partial charge is 0.392 e. The van der Waals surface area contributed by atoms with Crippen molar-refractivity contribution in [3.8, 4) is 0 Å². The third kappa shape index (κ3) is 3.05. The molecule has 5 nitrogen and oxygen atoms in total. The molecule has 1 aromatic rings. The maximum atomic E-state index is 10.9. The predicted molar refractivity (Wildman–Crippen MR) is 68.4 cm³/mol. The van der Waals surface area contributed by atoms with Crippen LogP contribution < -0.4 is 0 Å². The summed E-state index contributed by atoms with van der Waals surface area (Å²) in [6.45, 7) is 4.01. The second-order valence-corrected chi connectivity index (χ2v) is 4.91. The molecule has 5 heteroatoms. The molecule has 1 unspecified atom stereocenters. The number of benzene rings is 1. The van der Waals surface area contributed by atoms with E-state index in [0.717, 1.165) is 24.9 Å². The van der Waals surface area contributed by atoms with Crippen molar-refractivity contribution in [1.29, 1.82) is 0 Å². The van der Waals surface area contributed by atoms with Crippen molar-refractivity contribution < 1.29 is 10.0 Å². The Morgan fingerprint density at radius 3 is 3.00 bits per heavy atom. The standard InChI is InChI=1S/C13H18N2O3/c1-10-4-5-11(7-13(10)15(17)18)8-14-6-2-3-12(16)9-14/h4-5,7,12,16H,2-3,6,8-9H2,1H3. The molecule has 1 atom stereocenters. The molecule has 1 heterocycles. The average Bonchev–Trinajstić information content (AvgIpc) is 2.31. The first kappa shape index (κ1) is 13.0. The van der Waals surface area contributed by atoms with Crippen LogP contribution in [0, 0.1) is 17.0 Å². The van der Waals surface area contributed by atoms with E-state index in [-0.39, 0.29) is 16.7 Å². The lowest BCUT2D eigenvalue weighted by Crippen LogP contribution is -2.37. The van der Waals surface area contributed by atoms with Gasteiger partial charge in [0.05, 0.1) is 11.0 Å². The fraction of sp³-hybridized carbons (Fsp3) is 0.538. The van der Waals surface area contributed by atoms with Gasteiger partial charge < -0.3 is 5.11 Å². The highest BCUT2D eigenvalue weighted by Gasteiger charge is 2.18. The lowest BCUT2D eigenvalue weighted by molar-refractivity contribution is -0.385. The van der Waals surface area contributed by atoms with Crippen LogP contribution in [0.2, 0.25) is 0 Å². The molecule has 18 heavy (non-hydrogen) atoms. The van der Waals surface area contributed by atoms with Gasteiger partial charge in [-0.1, -0.05) is 12.1 Å². The normalized spacial score (nSPS) is 20.9. The van der Waals surface area contributed by atoms with Crippen molar-refractivity contribution in [2.75, 3.05) is 13.1 Å². The molecular weight excluding hydrogens is 232 g/mol. The second-order valence-electron chi connectivity index (χ2n) is 4.91. The van der Waals surface area contributed by atoms with E-state index in [0.29, 0.717) is 18.7 Å². The number of nitrogens with zero attached hydrogens (tertiary/aromatic N) is 2. The summed E-state index contributed by atoms with van der Waals surface area (Å²) in [7, 11) is 0. The molecule has 0 saturated carbocycles. The van der Waals surface area contributed by atoms with Gasteiger partial charge in [-0.25, -0.2) is 0 Å². The molecule has 0 amide bonds. The fourth-order valence-corrected chi connectivity index (χ4v) is 2.38. The molecule has 0 aliphatic carbocycles. The number of β-amino-alcohol motifs (C(OH)–C–C–N with tert-alkyl or cyclic N) is 1. The number of rotatable bonds is 3. The predicted octanol–water partition coefficient (Wildman–Crippen LogP) is 1.86. The summed E-state index contributed by atoms with van der Waals surface area (Å²) in [5.74, 6) is 0. The van der Waals surface area contributed by atoms with Gasteiger partial charge in [0.1, 0.15) is 0 Å². The summed E-state index contributed by atoms with van der Waals surface area (Å²) >= 11 is 0. The Morgan fingerprint density at radius 1 is 1.56 bits per heavy atom. The van der Waals surface area contributed by atoms with Crippen LogP contribution in [0.15, 0.2) is 18.2 Å². The topological polar surface area (TPSA) is 66.6 Å². The summed E-state index contributed by atoms with van der Waals surface area (Å²) < 4.78 is 0. The smallest absolute Gasteiger partial charge is 0.272 e. The summed E-state index contributed by atoms with van der Waals surface area (Å²) in [5, 5.41) is 20.5. The van der Waals surface area contributed by atoms with E-state index >= 15 is 0 Å². The van der Waals surface area contributed by atoms with E-state index in [2.05, 4.69) is 4.90 Å². The van der Waals surface area contributed by atoms with Gasteiger partial charge in [-0.15, -0.1) is 0 Å². The Kier molecular flexibility index (Phi) is 3.93. The molecule has 1 saturated heterocycles. The Morgan fingerprint density at radius 2 is 2.33 bits per heavy atom. The number of nitro benzene ring substituents is 1. The Bertz CT molecular complexity index is 448. The van der Waals surface area contributed by atoms with E-state index in [4.69, 9.17) is 0 Å². The quantitative estimate of drug-likeness (QED) is 0.657. The summed E-state index contributed by atoms with van der Waals surface area (Å²) in [6.07, 6.45) is 1.57. The molecular formula is C13H18N2O3. The van der Waals surface area contributed by atoms with E-state index in [1.54, 1.807) is 19.1 Å². The Balaban J connectivity index is 2.09. The van der Waals surface area contributed by atoms with Crippen LogP contribution in [-0.2, 0) is 6.54 Å². The number of likely N-dealkylation sites (tertiary alicyclic amines) is 1. The number of hydrogen-bond donors (Lipinski definition) is 1. The number of piperidine rings is 1. The summed E-state index contributed by atoms with van der Waals surface area (Å²) in [5.41, 5.74) is 1.79. The number of aliphatic hydroxyl groups is 1. The van der Waals surface area contributed by atoms with Crippen molar-refractivity contribution in [2.24, 2.45) is 0 Å². The zero-order chi connectivity index (χ0) is 13.1. The lowest BCUT2D eigenvalue weighted by atomic mass is 10.1. The highest BCUT2D eigenvalue weighted by atomic mass is 16.6. The van der Waals surface area contributed by atoms with E-state index in [1.807, 2.05) is 6.07 Å². The van der Waals surface area contributed by atoms with Gasteiger partial charge in [0.15, 0.2) is 0 Å². The van der Waals surface area contributed by atoms with Gasteiger partial charge in [-0.3, -0.25) is 15.0 Å². The highest BCUT2D eigenvalue weighted by Crippen LogP contribution is 2.21. The maximum absolute atomic E-state index is 10.9. The molecule has 1 N–H and O–H groups in total. The second kappa shape index (κ2) is 5.46. The van der Waals surface area contributed by atoms with Gasteiger partial charge in [-0.2, -0.15) is 0 Å². The summed E-state index contributed by atoms with van der Waals surface area (Å²) in [4.78, 5) is 12.7. The molecule has 1 aliphatic rings. The number of nitro groups is 1. The maximum Gasteiger partial charge on any atom is 0.272 e. The van der Waals surface area contributed by atoms with E-state index < -0.39 is 0 Å². The fourth-order valence-electron chi connectivity index (χ4n) is 2.38. The van der Waals surface area contributed by atoms with Crippen LogP contribution in [-0.4, -0.2) is 34.1 Å². The average molecular weight is 250 g/mol. The molecule has 0 radical (unpaired) electrons. The van der Waals surface area contributed by atoms with Gasteiger partial charge in [0.25, 0.3) is 5.69 Å². The third-order valence-electron chi connectivity index (χ3n) is 3.36. The van der Waals surface area contributed by atoms with Gasteiger partial charge >= 0.3 is 0 Å². The highest BCUT2D eigenvalue weighted by molar-refractivity contribution is 5.42. The Labute approximate surface area is 106 Å². The van der Waals surface area contributed by atoms with Crippen molar-refractivity contribution in [1.82, 2.24) is 4.90 Å². The van der Waals surface area contributed by atoms with Crippen LogP contribution in [0.5, 0.6) is 0 Å². The third-order valence-corrected chi connectivity index (χ3v) is 3.36. The summed E-state index contributed by atoms with van der Waals surface area (Å²) in [6, 6.07) is 5.34. The van der Waals surface area contributed by atoms with Crippen molar-refractivity contribution in [3.63, 3.8) is 0 Å². The zero-order valence-electron chi connectivity index (χ0n) is 10.5. The number of aliphatic hydroxyl groups excluding tert-OH is 1. The monoisotopic (exact) mass is 250 g/mol. The van der Waals surface area contributed by atoms with Crippen molar-refractivity contribution >= 4 is 5.69 Å². The van der Waals surface area contributed by atoms with Gasteiger partial charge in [-0.05, 0) is 31.9 Å². The molecule has 0 bridgehead atoms. The molecule has 1 aromatic carbocycles. The number of hydrogen-bond acceptors (Lipinski definition) is 4. The molecule has 1 aliphatic heterocycles. The lowest BCUT2D eigenvalue weighted by Gasteiger charge is -2.29. The first-order valence-electron chi connectivity index (χ1n) is 6.20. The minimum Gasteiger partial charge on any atom is -0.392 e. The zero-order valence-corrected chi connectivity index (χ0v) is 10.5.